The van der Waals surface area contributed by atoms with Gasteiger partial charge in [0.15, 0.2) is 0 Å². The smallest absolute Gasteiger partial charge is 0.267 e. The Labute approximate surface area is 145 Å². The van der Waals surface area contributed by atoms with Crippen molar-refractivity contribution in [1.29, 1.82) is 0 Å². The first-order valence-corrected chi connectivity index (χ1v) is 8.74. The first-order valence-electron chi connectivity index (χ1n) is 7.51. The summed E-state index contributed by atoms with van der Waals surface area (Å²) >= 11 is 6.72. The summed E-state index contributed by atoms with van der Waals surface area (Å²) < 4.78 is 5.96. The van der Waals surface area contributed by atoms with Gasteiger partial charge in [-0.1, -0.05) is 66.5 Å². The van der Waals surface area contributed by atoms with Crippen LogP contribution in [0.25, 0.3) is 6.08 Å². The number of carbonyl (C=O) groups is 1. The molecule has 2 aliphatic heterocycles. The van der Waals surface area contributed by atoms with Crippen LogP contribution in [0.3, 0.4) is 0 Å². The van der Waals surface area contributed by atoms with Gasteiger partial charge >= 0.3 is 0 Å². The first kappa shape index (κ1) is 16.4. The molecule has 23 heavy (non-hydrogen) atoms. The molecule has 2 saturated heterocycles. The fourth-order valence-electron chi connectivity index (χ4n) is 2.39. The van der Waals surface area contributed by atoms with Gasteiger partial charge in [-0.15, -0.1) is 0 Å². The van der Waals surface area contributed by atoms with Crippen LogP contribution < -0.4 is 0 Å². The summed E-state index contributed by atoms with van der Waals surface area (Å²) in [4.78, 5) is 17.0. The molecule has 1 aromatic carbocycles. The van der Waals surface area contributed by atoms with Crippen LogP contribution in [-0.2, 0) is 9.53 Å². The molecule has 2 fully saturated rings. The van der Waals surface area contributed by atoms with E-state index in [1.165, 1.54) is 11.8 Å². The van der Waals surface area contributed by atoms with Gasteiger partial charge in [0.25, 0.3) is 5.91 Å². The monoisotopic (exact) mass is 346 g/mol. The number of morpholine rings is 1. The number of carbonyl (C=O) groups excluding carboxylic acids is 1. The van der Waals surface area contributed by atoms with Crippen LogP contribution in [0, 0.1) is 0 Å². The lowest BCUT2D eigenvalue weighted by Crippen LogP contribution is -2.45. The molecule has 0 saturated carbocycles. The average Bonchev–Trinajstić information content (AvgIpc) is 2.85. The van der Waals surface area contributed by atoms with Gasteiger partial charge in [0.1, 0.15) is 4.32 Å². The number of ether oxygens (including phenoxy) is 1. The van der Waals surface area contributed by atoms with Crippen molar-refractivity contribution < 1.29 is 9.53 Å². The Bertz CT molecular complexity index is 637. The Morgan fingerprint density at radius 1 is 1.22 bits per heavy atom. The first-order chi connectivity index (χ1) is 11.2. The van der Waals surface area contributed by atoms with E-state index in [0.717, 1.165) is 18.7 Å². The average molecular weight is 346 g/mol. The van der Waals surface area contributed by atoms with Gasteiger partial charge in [-0.25, -0.2) is 0 Å². The fourth-order valence-corrected chi connectivity index (χ4v) is 3.58. The van der Waals surface area contributed by atoms with Gasteiger partial charge in [-0.3, -0.25) is 14.6 Å². The third-order valence-electron chi connectivity index (χ3n) is 3.65. The van der Waals surface area contributed by atoms with E-state index >= 15 is 0 Å². The summed E-state index contributed by atoms with van der Waals surface area (Å²) in [6.07, 6.45) is 5.72. The van der Waals surface area contributed by atoms with Gasteiger partial charge in [0.05, 0.1) is 24.8 Å². The van der Waals surface area contributed by atoms with Crippen LogP contribution in [0.5, 0.6) is 0 Å². The van der Waals surface area contributed by atoms with Crippen molar-refractivity contribution in [2.45, 2.75) is 0 Å². The van der Waals surface area contributed by atoms with E-state index in [4.69, 9.17) is 17.0 Å². The summed E-state index contributed by atoms with van der Waals surface area (Å²) in [6, 6.07) is 10.00. The molecular weight excluding hydrogens is 328 g/mol. The maximum absolute atomic E-state index is 12.5. The summed E-state index contributed by atoms with van der Waals surface area (Å²) in [6.45, 7) is 3.65. The molecule has 0 radical (unpaired) electrons. The number of amides is 1. The standard InChI is InChI=1S/C17H18N2O2S2/c20-16-15(8-4-7-14-5-2-1-3-6-14)23-17(22)19(16)13-18-9-11-21-12-10-18/h1-8H,9-13H2. The van der Waals surface area contributed by atoms with Crippen molar-refractivity contribution in [3.63, 3.8) is 0 Å². The summed E-state index contributed by atoms with van der Waals surface area (Å²) in [5.41, 5.74) is 1.10. The van der Waals surface area contributed by atoms with Crippen LogP contribution in [0.1, 0.15) is 5.56 Å². The predicted molar refractivity (Wildman–Crippen MR) is 97.9 cm³/mol. The lowest BCUT2D eigenvalue weighted by atomic mass is 10.2. The number of hydrogen-bond acceptors (Lipinski definition) is 5. The van der Waals surface area contributed by atoms with Crippen molar-refractivity contribution in [3.05, 3.63) is 53.0 Å². The molecular formula is C17H18N2O2S2. The van der Waals surface area contributed by atoms with E-state index in [9.17, 15) is 4.79 Å². The van der Waals surface area contributed by atoms with E-state index in [-0.39, 0.29) is 5.91 Å². The van der Waals surface area contributed by atoms with Crippen LogP contribution in [0.15, 0.2) is 47.4 Å². The van der Waals surface area contributed by atoms with Gasteiger partial charge in [0, 0.05) is 13.1 Å². The van der Waals surface area contributed by atoms with Crippen molar-refractivity contribution >= 4 is 40.3 Å². The molecule has 0 bridgehead atoms. The highest BCUT2D eigenvalue weighted by molar-refractivity contribution is 8.26. The van der Waals surface area contributed by atoms with Gasteiger partial charge in [0.2, 0.25) is 0 Å². The minimum Gasteiger partial charge on any atom is -0.379 e. The maximum Gasteiger partial charge on any atom is 0.267 e. The Morgan fingerprint density at radius 2 is 1.96 bits per heavy atom. The fraction of sp³-hybridized carbons (Fsp3) is 0.294. The Hall–Kier alpha value is -1.47. The number of hydrogen-bond donors (Lipinski definition) is 0. The van der Waals surface area contributed by atoms with Crippen molar-refractivity contribution in [1.82, 2.24) is 9.80 Å². The zero-order chi connectivity index (χ0) is 16.1. The number of allylic oxidation sites excluding steroid dienone is 2. The van der Waals surface area contributed by atoms with Crippen molar-refractivity contribution in [3.8, 4) is 0 Å². The van der Waals surface area contributed by atoms with E-state index in [1.807, 2.05) is 48.6 Å². The van der Waals surface area contributed by atoms with Crippen LogP contribution in [0.2, 0.25) is 0 Å². The molecule has 2 heterocycles. The molecule has 0 N–H and O–H groups in total. The van der Waals surface area contributed by atoms with Gasteiger partial charge in [-0.05, 0) is 11.6 Å². The largest absolute Gasteiger partial charge is 0.379 e. The second-order valence-corrected chi connectivity index (χ2v) is 6.95. The quantitative estimate of drug-likeness (QED) is 0.618. The maximum atomic E-state index is 12.5. The molecule has 6 heteroatoms. The van der Waals surface area contributed by atoms with Gasteiger partial charge < -0.3 is 4.74 Å². The zero-order valence-electron chi connectivity index (χ0n) is 12.7. The minimum atomic E-state index is -0.01000. The summed E-state index contributed by atoms with van der Waals surface area (Å²) in [5.74, 6) is -0.01000. The molecule has 1 amide bonds. The number of thioether (sulfide) groups is 1. The normalized spacial score (nSPS) is 21.7. The highest BCUT2D eigenvalue weighted by Crippen LogP contribution is 2.31. The molecule has 0 spiro atoms. The lowest BCUT2D eigenvalue weighted by Gasteiger charge is -2.29. The molecule has 0 unspecified atom stereocenters. The van der Waals surface area contributed by atoms with E-state index in [1.54, 1.807) is 4.90 Å². The molecule has 1 aromatic rings. The van der Waals surface area contributed by atoms with E-state index in [2.05, 4.69) is 4.90 Å². The third-order valence-corrected chi connectivity index (χ3v) is 5.05. The van der Waals surface area contributed by atoms with Crippen LogP contribution in [0.4, 0.5) is 0 Å². The van der Waals surface area contributed by atoms with E-state index < -0.39 is 0 Å². The lowest BCUT2D eigenvalue weighted by molar-refractivity contribution is -0.124. The highest BCUT2D eigenvalue weighted by Gasteiger charge is 2.32. The molecule has 2 aliphatic rings. The van der Waals surface area contributed by atoms with Crippen molar-refractivity contribution in [2.24, 2.45) is 0 Å². The number of nitrogens with zero attached hydrogens (tertiary/aromatic N) is 2. The second-order valence-electron chi connectivity index (χ2n) is 5.27. The molecule has 4 nitrogen and oxygen atoms in total. The van der Waals surface area contributed by atoms with Gasteiger partial charge in [-0.2, -0.15) is 0 Å². The number of thiocarbonyl (C=S) groups is 1. The molecule has 120 valence electrons. The summed E-state index contributed by atoms with van der Waals surface area (Å²) in [7, 11) is 0. The topological polar surface area (TPSA) is 32.8 Å². The number of benzene rings is 1. The van der Waals surface area contributed by atoms with E-state index in [0.29, 0.717) is 29.1 Å². The molecule has 3 rings (SSSR count). The zero-order valence-corrected chi connectivity index (χ0v) is 14.3. The predicted octanol–water partition coefficient (Wildman–Crippen LogP) is 2.73. The highest BCUT2D eigenvalue weighted by atomic mass is 32.2. The molecule has 0 atom stereocenters. The minimum absolute atomic E-state index is 0.01000. The summed E-state index contributed by atoms with van der Waals surface area (Å²) in [5, 5.41) is 0. The number of rotatable bonds is 4. The molecule has 0 aromatic heterocycles. The SMILES string of the molecule is O=C1C(=CC=Cc2ccccc2)SC(=S)N1CN1CCOCC1. The molecule has 0 aliphatic carbocycles. The Balaban J connectivity index is 1.63. The van der Waals surface area contributed by atoms with Crippen LogP contribution >= 0.6 is 24.0 Å². The second kappa shape index (κ2) is 7.88. The Morgan fingerprint density at radius 3 is 2.70 bits per heavy atom. The van der Waals surface area contributed by atoms with Crippen LogP contribution in [-0.4, -0.2) is 53.0 Å². The third kappa shape index (κ3) is 4.29. The van der Waals surface area contributed by atoms with Crippen molar-refractivity contribution in [2.75, 3.05) is 33.0 Å². The Kier molecular flexibility index (Phi) is 5.61.